The molecule has 1 amide bonds. The topological polar surface area (TPSA) is 119 Å². The molecule has 1 saturated heterocycles. The van der Waals surface area contributed by atoms with Crippen LogP contribution in [0.1, 0.15) is 23.2 Å². The van der Waals surface area contributed by atoms with Crippen LogP contribution in [-0.4, -0.2) is 41.8 Å². The van der Waals surface area contributed by atoms with Crippen LogP contribution in [0.15, 0.2) is 12.3 Å². The summed E-state index contributed by atoms with van der Waals surface area (Å²) in [6.45, 7) is 0. The fraction of sp³-hybridized carbons (Fsp3) is 0.455. The van der Waals surface area contributed by atoms with Crippen molar-refractivity contribution in [2.45, 2.75) is 18.9 Å². The number of carbonyl (C=O) groups is 1. The van der Waals surface area contributed by atoms with Crippen LogP contribution in [0.25, 0.3) is 0 Å². The molecule has 1 aromatic rings. The number of sulfone groups is 1. The van der Waals surface area contributed by atoms with Gasteiger partial charge in [0.15, 0.2) is 0 Å². The first kappa shape index (κ1) is 15.6. The van der Waals surface area contributed by atoms with Gasteiger partial charge in [0.1, 0.15) is 15.4 Å². The SMILES string of the molecule is O=C(NC1CCS(=O)(=O)CC1)c1ccnc(Cl)c1[N+](=O)[O-]. The lowest BCUT2D eigenvalue weighted by atomic mass is 10.1. The van der Waals surface area contributed by atoms with E-state index in [4.69, 9.17) is 11.6 Å². The maximum atomic E-state index is 12.1. The minimum atomic E-state index is -3.04. The summed E-state index contributed by atoms with van der Waals surface area (Å²) in [5, 5.41) is 13.2. The zero-order chi connectivity index (χ0) is 15.6. The Hall–Kier alpha value is -1.74. The number of nitrogens with one attached hydrogen (secondary N) is 1. The van der Waals surface area contributed by atoms with Gasteiger partial charge in [-0.1, -0.05) is 11.6 Å². The molecular formula is C11H12ClN3O5S. The van der Waals surface area contributed by atoms with Gasteiger partial charge in [0.05, 0.1) is 16.4 Å². The zero-order valence-electron chi connectivity index (χ0n) is 10.8. The Morgan fingerprint density at radius 3 is 2.62 bits per heavy atom. The quantitative estimate of drug-likeness (QED) is 0.499. The Morgan fingerprint density at radius 2 is 2.05 bits per heavy atom. The van der Waals surface area contributed by atoms with E-state index in [-0.39, 0.29) is 28.3 Å². The predicted octanol–water partition coefficient (Wildman–Crippen LogP) is 0.950. The molecule has 1 fully saturated rings. The normalized spacial score (nSPS) is 18.1. The second kappa shape index (κ2) is 5.94. The van der Waals surface area contributed by atoms with E-state index in [0.717, 1.165) is 0 Å². The first-order valence-electron chi connectivity index (χ1n) is 6.10. The highest BCUT2D eigenvalue weighted by atomic mass is 35.5. The molecule has 0 spiro atoms. The van der Waals surface area contributed by atoms with E-state index in [0.29, 0.717) is 12.8 Å². The molecule has 10 heteroatoms. The second-order valence-corrected chi connectivity index (χ2v) is 7.32. The predicted molar refractivity (Wildman–Crippen MR) is 75.0 cm³/mol. The minimum absolute atomic E-state index is 0.00284. The molecular weight excluding hydrogens is 322 g/mol. The number of halogens is 1. The van der Waals surface area contributed by atoms with Crippen LogP contribution in [0, 0.1) is 10.1 Å². The Labute approximate surface area is 125 Å². The third-order valence-electron chi connectivity index (χ3n) is 3.20. The lowest BCUT2D eigenvalue weighted by Gasteiger charge is -2.22. The fourth-order valence-electron chi connectivity index (χ4n) is 2.08. The Morgan fingerprint density at radius 1 is 1.43 bits per heavy atom. The molecule has 2 rings (SSSR count). The molecule has 1 aliphatic rings. The van der Waals surface area contributed by atoms with Crippen molar-refractivity contribution in [2.24, 2.45) is 0 Å². The van der Waals surface area contributed by atoms with Crippen LogP contribution in [0.2, 0.25) is 5.15 Å². The first-order chi connectivity index (χ1) is 9.80. The third-order valence-corrected chi connectivity index (χ3v) is 5.19. The van der Waals surface area contributed by atoms with Gasteiger partial charge in [-0.15, -0.1) is 0 Å². The van der Waals surface area contributed by atoms with E-state index < -0.39 is 26.4 Å². The van der Waals surface area contributed by atoms with Gasteiger partial charge in [0.2, 0.25) is 5.15 Å². The number of rotatable bonds is 3. The maximum Gasteiger partial charge on any atom is 0.319 e. The van der Waals surface area contributed by atoms with Crippen LogP contribution >= 0.6 is 11.6 Å². The summed E-state index contributed by atoms with van der Waals surface area (Å²) in [6.07, 6.45) is 1.79. The Kier molecular flexibility index (Phi) is 4.43. The number of carbonyl (C=O) groups excluding carboxylic acids is 1. The molecule has 0 radical (unpaired) electrons. The van der Waals surface area contributed by atoms with Crippen LogP contribution in [0.5, 0.6) is 0 Å². The molecule has 21 heavy (non-hydrogen) atoms. The molecule has 1 N–H and O–H groups in total. The molecule has 0 atom stereocenters. The van der Waals surface area contributed by atoms with Crippen molar-refractivity contribution >= 4 is 33.0 Å². The molecule has 0 aromatic carbocycles. The largest absolute Gasteiger partial charge is 0.349 e. The zero-order valence-corrected chi connectivity index (χ0v) is 12.4. The highest BCUT2D eigenvalue weighted by Crippen LogP contribution is 2.26. The summed E-state index contributed by atoms with van der Waals surface area (Å²) in [5.41, 5.74) is -0.742. The van der Waals surface area contributed by atoms with Crippen LogP contribution in [-0.2, 0) is 9.84 Å². The van der Waals surface area contributed by atoms with Gasteiger partial charge in [-0.25, -0.2) is 13.4 Å². The van der Waals surface area contributed by atoms with Gasteiger partial charge in [-0.3, -0.25) is 14.9 Å². The van der Waals surface area contributed by atoms with Gasteiger partial charge in [-0.2, -0.15) is 0 Å². The van der Waals surface area contributed by atoms with E-state index in [1.165, 1.54) is 12.3 Å². The molecule has 8 nitrogen and oxygen atoms in total. The number of pyridine rings is 1. The summed E-state index contributed by atoms with van der Waals surface area (Å²) < 4.78 is 22.6. The van der Waals surface area contributed by atoms with Crippen molar-refractivity contribution in [3.63, 3.8) is 0 Å². The van der Waals surface area contributed by atoms with E-state index in [9.17, 15) is 23.3 Å². The van der Waals surface area contributed by atoms with Crippen molar-refractivity contribution in [1.82, 2.24) is 10.3 Å². The van der Waals surface area contributed by atoms with E-state index in [2.05, 4.69) is 10.3 Å². The van der Waals surface area contributed by atoms with Crippen LogP contribution in [0.3, 0.4) is 0 Å². The highest BCUT2D eigenvalue weighted by Gasteiger charge is 2.29. The highest BCUT2D eigenvalue weighted by molar-refractivity contribution is 7.91. The van der Waals surface area contributed by atoms with Crippen molar-refractivity contribution in [3.8, 4) is 0 Å². The molecule has 0 bridgehead atoms. The number of aromatic nitrogens is 1. The standard InChI is InChI=1S/C11H12ClN3O5S/c12-10-9(15(17)18)8(1-4-13-10)11(16)14-7-2-5-21(19,20)6-3-7/h1,4,7H,2-3,5-6H2,(H,14,16). The van der Waals surface area contributed by atoms with Gasteiger partial charge in [0, 0.05) is 12.2 Å². The van der Waals surface area contributed by atoms with E-state index in [1.807, 2.05) is 0 Å². The minimum Gasteiger partial charge on any atom is -0.349 e. The molecule has 0 saturated carbocycles. The molecule has 1 aromatic heterocycles. The van der Waals surface area contributed by atoms with Gasteiger partial charge < -0.3 is 5.32 Å². The average Bonchev–Trinajstić information content (AvgIpc) is 2.40. The molecule has 0 aliphatic carbocycles. The summed E-state index contributed by atoms with van der Waals surface area (Å²) in [7, 11) is -3.04. The average molecular weight is 334 g/mol. The first-order valence-corrected chi connectivity index (χ1v) is 8.30. The number of amides is 1. The van der Waals surface area contributed by atoms with E-state index in [1.54, 1.807) is 0 Å². The van der Waals surface area contributed by atoms with Gasteiger partial charge in [0.25, 0.3) is 5.91 Å². The monoisotopic (exact) mass is 333 g/mol. The van der Waals surface area contributed by atoms with Gasteiger partial charge >= 0.3 is 5.69 Å². The second-order valence-electron chi connectivity index (χ2n) is 4.65. The number of nitrogens with zero attached hydrogens (tertiary/aromatic N) is 2. The number of nitro groups is 1. The van der Waals surface area contributed by atoms with E-state index >= 15 is 0 Å². The van der Waals surface area contributed by atoms with Gasteiger partial charge in [-0.05, 0) is 18.9 Å². The summed E-state index contributed by atoms with van der Waals surface area (Å²) >= 11 is 5.64. The maximum absolute atomic E-state index is 12.1. The van der Waals surface area contributed by atoms with Crippen molar-refractivity contribution in [2.75, 3.05) is 11.5 Å². The van der Waals surface area contributed by atoms with Crippen molar-refractivity contribution < 1.29 is 18.1 Å². The summed E-state index contributed by atoms with van der Waals surface area (Å²) in [4.78, 5) is 25.9. The number of hydrogen-bond donors (Lipinski definition) is 1. The fourth-order valence-corrected chi connectivity index (χ4v) is 3.80. The number of hydrogen-bond acceptors (Lipinski definition) is 6. The lowest BCUT2D eigenvalue weighted by molar-refractivity contribution is -0.385. The summed E-state index contributed by atoms with van der Waals surface area (Å²) in [5.74, 6) is -0.663. The molecule has 1 aliphatic heterocycles. The van der Waals surface area contributed by atoms with Crippen molar-refractivity contribution in [1.29, 1.82) is 0 Å². The summed E-state index contributed by atoms with van der Waals surface area (Å²) in [6, 6.07) is 0.881. The molecule has 2 heterocycles. The Balaban J connectivity index is 2.15. The lowest BCUT2D eigenvalue weighted by Crippen LogP contribution is -2.41. The third kappa shape index (κ3) is 3.67. The smallest absolute Gasteiger partial charge is 0.319 e. The van der Waals surface area contributed by atoms with Crippen molar-refractivity contribution in [3.05, 3.63) is 33.1 Å². The molecule has 114 valence electrons. The Bertz CT molecular complexity index is 677. The van der Waals surface area contributed by atoms with Crippen LogP contribution in [0.4, 0.5) is 5.69 Å². The molecule has 0 unspecified atom stereocenters. The van der Waals surface area contributed by atoms with Crippen LogP contribution < -0.4 is 5.32 Å².